The summed E-state index contributed by atoms with van der Waals surface area (Å²) in [7, 11) is 0. The molecule has 0 spiro atoms. The van der Waals surface area contributed by atoms with Crippen LogP contribution in [0.2, 0.25) is 0 Å². The molecule has 0 aromatic carbocycles. The lowest BCUT2D eigenvalue weighted by molar-refractivity contribution is -0.120. The number of aromatic nitrogens is 7. The van der Waals surface area contributed by atoms with E-state index in [4.69, 9.17) is 15.0 Å². The second-order valence-electron chi connectivity index (χ2n) is 9.68. The number of aromatic amines is 1. The van der Waals surface area contributed by atoms with Gasteiger partial charge in [-0.2, -0.15) is 20.1 Å². The number of hydrogen-bond donors (Lipinski definition) is 4. The van der Waals surface area contributed by atoms with Gasteiger partial charge in [0.2, 0.25) is 17.8 Å². The topological polar surface area (TPSA) is 153 Å². The van der Waals surface area contributed by atoms with E-state index in [-0.39, 0.29) is 5.91 Å². The summed E-state index contributed by atoms with van der Waals surface area (Å²) in [6.07, 6.45) is 8.55. The number of carbonyl (C=O) groups excluding carboxylic acids is 1. The molecule has 1 unspecified atom stereocenters. The van der Waals surface area contributed by atoms with Gasteiger partial charge in [0.05, 0.1) is 6.20 Å². The second kappa shape index (κ2) is 9.30. The number of nitrogens with zero attached hydrogens (tertiary/aromatic N) is 8. The van der Waals surface area contributed by atoms with Gasteiger partial charge >= 0.3 is 0 Å². The van der Waals surface area contributed by atoms with E-state index in [1.165, 1.54) is 19.0 Å². The number of amides is 1. The zero-order valence-corrected chi connectivity index (χ0v) is 20.2. The Morgan fingerprint density at radius 3 is 2.69 bits per heavy atom. The standard InChI is InChI=1S/C23H30N12O/c1-23(19(36)27-18-14-25-6-7-26-18)5-2-10-35(23)22-30-20(28-17-13-16(32-33-17)15-3-4-15)29-21(31-22)34-11-8-24-9-12-34/h6-7,13-15,24H,2-5,8-12H2,1H3,(H,26,27,36)(H2,28,29,30,31,32,33). The highest BCUT2D eigenvalue weighted by molar-refractivity contribution is 5.99. The summed E-state index contributed by atoms with van der Waals surface area (Å²) in [5.74, 6) is 2.95. The molecule has 36 heavy (non-hydrogen) atoms. The van der Waals surface area contributed by atoms with E-state index in [0.29, 0.717) is 48.4 Å². The fourth-order valence-corrected chi connectivity index (χ4v) is 4.79. The third kappa shape index (κ3) is 4.53. The lowest BCUT2D eigenvalue weighted by Gasteiger charge is -2.34. The summed E-state index contributed by atoms with van der Waals surface area (Å²) in [6, 6.07) is 2.01. The van der Waals surface area contributed by atoms with Crippen molar-refractivity contribution in [1.82, 2.24) is 40.4 Å². The van der Waals surface area contributed by atoms with E-state index in [2.05, 4.69) is 41.0 Å². The minimum absolute atomic E-state index is 0.166. The first kappa shape index (κ1) is 22.6. The predicted octanol–water partition coefficient (Wildman–Crippen LogP) is 1.41. The largest absolute Gasteiger partial charge is 0.338 e. The average molecular weight is 491 g/mol. The van der Waals surface area contributed by atoms with Gasteiger partial charge in [0.15, 0.2) is 11.6 Å². The smallest absolute Gasteiger partial charge is 0.251 e. The van der Waals surface area contributed by atoms with E-state index in [0.717, 1.165) is 38.3 Å². The van der Waals surface area contributed by atoms with E-state index in [1.54, 1.807) is 12.4 Å². The Morgan fingerprint density at radius 2 is 1.92 bits per heavy atom. The van der Waals surface area contributed by atoms with Crippen molar-refractivity contribution in [3.05, 3.63) is 30.4 Å². The number of H-pyrrole nitrogens is 1. The Morgan fingerprint density at radius 1 is 1.08 bits per heavy atom. The van der Waals surface area contributed by atoms with Crippen LogP contribution < -0.4 is 25.8 Å². The van der Waals surface area contributed by atoms with Gasteiger partial charge < -0.3 is 25.8 Å². The lowest BCUT2D eigenvalue weighted by Crippen LogP contribution is -2.52. The fraction of sp³-hybridized carbons (Fsp3) is 0.522. The van der Waals surface area contributed by atoms with Gasteiger partial charge in [-0.15, -0.1) is 0 Å². The van der Waals surface area contributed by atoms with Gasteiger partial charge in [-0.1, -0.05) is 0 Å². The Balaban J connectivity index is 1.31. The molecule has 1 atom stereocenters. The summed E-state index contributed by atoms with van der Waals surface area (Å²) in [5, 5.41) is 17.0. The molecule has 13 nitrogen and oxygen atoms in total. The summed E-state index contributed by atoms with van der Waals surface area (Å²) in [5.41, 5.74) is 0.282. The zero-order valence-electron chi connectivity index (χ0n) is 20.2. The average Bonchev–Trinajstić information content (AvgIpc) is 3.52. The highest BCUT2D eigenvalue weighted by atomic mass is 16.2. The van der Waals surface area contributed by atoms with Gasteiger partial charge in [0.25, 0.3) is 5.91 Å². The molecule has 3 aromatic rings. The van der Waals surface area contributed by atoms with Crippen LogP contribution in [0, 0.1) is 0 Å². The highest BCUT2D eigenvalue weighted by Crippen LogP contribution is 2.40. The molecule has 0 radical (unpaired) electrons. The molecule has 1 saturated carbocycles. The van der Waals surface area contributed by atoms with Crippen molar-refractivity contribution in [3.8, 4) is 0 Å². The van der Waals surface area contributed by atoms with Crippen molar-refractivity contribution in [3.63, 3.8) is 0 Å². The first-order chi connectivity index (χ1) is 17.6. The lowest BCUT2D eigenvalue weighted by atomic mass is 9.98. The second-order valence-corrected chi connectivity index (χ2v) is 9.68. The SMILES string of the molecule is CC1(C(=O)Nc2cnccn2)CCCN1c1nc(Nc2cc(C3CC3)[nH]n2)nc(N2CCNCC2)n1. The minimum Gasteiger partial charge on any atom is -0.338 e. The molecule has 2 saturated heterocycles. The summed E-state index contributed by atoms with van der Waals surface area (Å²) >= 11 is 0. The molecule has 1 aliphatic carbocycles. The summed E-state index contributed by atoms with van der Waals surface area (Å²) in [4.78, 5) is 40.1. The van der Waals surface area contributed by atoms with Gasteiger partial charge in [-0.05, 0) is 32.6 Å². The summed E-state index contributed by atoms with van der Waals surface area (Å²) < 4.78 is 0. The predicted molar refractivity (Wildman–Crippen MR) is 134 cm³/mol. The molecule has 13 heteroatoms. The Labute approximate surface area is 208 Å². The van der Waals surface area contributed by atoms with Crippen LogP contribution in [0.5, 0.6) is 0 Å². The van der Waals surface area contributed by atoms with Gasteiger partial charge in [-0.25, -0.2) is 4.98 Å². The Bertz CT molecular complexity index is 1220. The highest BCUT2D eigenvalue weighted by Gasteiger charge is 2.45. The van der Waals surface area contributed by atoms with Crippen LogP contribution in [0.4, 0.5) is 29.5 Å². The number of carbonyl (C=O) groups is 1. The van der Waals surface area contributed by atoms with E-state index >= 15 is 0 Å². The first-order valence-corrected chi connectivity index (χ1v) is 12.5. The Kier molecular flexibility index (Phi) is 5.83. The van der Waals surface area contributed by atoms with Gasteiger partial charge in [-0.3, -0.25) is 14.9 Å². The minimum atomic E-state index is -0.845. The molecule has 0 bridgehead atoms. The molecular weight excluding hydrogens is 460 g/mol. The normalized spacial score (nSPS) is 22.0. The van der Waals surface area contributed by atoms with Crippen molar-refractivity contribution in [1.29, 1.82) is 0 Å². The third-order valence-electron chi connectivity index (χ3n) is 7.04. The van der Waals surface area contributed by atoms with E-state index in [9.17, 15) is 4.79 Å². The van der Waals surface area contributed by atoms with Crippen LogP contribution in [0.15, 0.2) is 24.7 Å². The first-order valence-electron chi connectivity index (χ1n) is 12.5. The quantitative estimate of drug-likeness (QED) is 0.380. The van der Waals surface area contributed by atoms with Crippen LogP contribution in [0.25, 0.3) is 0 Å². The molecule has 3 aliphatic rings. The van der Waals surface area contributed by atoms with Crippen LogP contribution in [0.1, 0.15) is 44.2 Å². The van der Waals surface area contributed by atoms with Crippen molar-refractivity contribution in [2.45, 2.75) is 44.1 Å². The number of rotatable bonds is 7. The van der Waals surface area contributed by atoms with Crippen LogP contribution in [-0.4, -0.2) is 79.3 Å². The summed E-state index contributed by atoms with van der Waals surface area (Å²) in [6.45, 7) is 5.88. The molecule has 2 aliphatic heterocycles. The molecule has 6 rings (SSSR count). The molecule has 4 N–H and O–H groups in total. The third-order valence-corrected chi connectivity index (χ3v) is 7.04. The maximum atomic E-state index is 13.4. The van der Waals surface area contributed by atoms with Gasteiger partial charge in [0, 0.05) is 62.8 Å². The number of nitrogens with one attached hydrogen (secondary N) is 4. The number of anilines is 5. The van der Waals surface area contributed by atoms with Crippen LogP contribution >= 0.6 is 0 Å². The zero-order chi connectivity index (χ0) is 24.5. The van der Waals surface area contributed by atoms with Crippen LogP contribution in [0.3, 0.4) is 0 Å². The van der Waals surface area contributed by atoms with Crippen LogP contribution in [-0.2, 0) is 4.79 Å². The van der Waals surface area contributed by atoms with E-state index < -0.39 is 5.54 Å². The maximum absolute atomic E-state index is 13.4. The molecule has 188 valence electrons. The number of piperazine rings is 1. The van der Waals surface area contributed by atoms with Crippen molar-refractivity contribution >= 4 is 35.4 Å². The molecule has 1 amide bonds. The van der Waals surface area contributed by atoms with Crippen molar-refractivity contribution in [2.24, 2.45) is 0 Å². The molecule has 3 aromatic heterocycles. The molecular formula is C23H30N12O. The number of hydrogen-bond acceptors (Lipinski definition) is 11. The van der Waals surface area contributed by atoms with Crippen molar-refractivity contribution in [2.75, 3.05) is 53.2 Å². The van der Waals surface area contributed by atoms with Gasteiger partial charge in [0.1, 0.15) is 5.54 Å². The monoisotopic (exact) mass is 490 g/mol. The van der Waals surface area contributed by atoms with Crippen molar-refractivity contribution < 1.29 is 4.79 Å². The fourth-order valence-electron chi connectivity index (χ4n) is 4.79. The maximum Gasteiger partial charge on any atom is 0.251 e. The van der Waals surface area contributed by atoms with E-state index in [1.807, 2.05) is 17.9 Å². The molecule has 3 fully saturated rings. The Hall–Kier alpha value is -3.87. The molecule has 5 heterocycles.